The van der Waals surface area contributed by atoms with Gasteiger partial charge in [-0.15, -0.1) is 0 Å². The van der Waals surface area contributed by atoms with Crippen molar-refractivity contribution in [3.05, 3.63) is 40.8 Å². The number of carboxylic acids is 1. The summed E-state index contributed by atoms with van der Waals surface area (Å²) in [6.07, 6.45) is -0.0834. The second kappa shape index (κ2) is 4.65. The summed E-state index contributed by atoms with van der Waals surface area (Å²) in [4.78, 5) is 22.0. The number of rotatable bonds is 4. The molecule has 1 aromatic heterocycles. The number of carbonyl (C=O) groups is 1. The van der Waals surface area contributed by atoms with Crippen LogP contribution in [0.1, 0.15) is 6.42 Å². The van der Waals surface area contributed by atoms with Crippen molar-refractivity contribution in [3.8, 4) is 11.3 Å². The SMILES string of the molecule is O=C(O)CC[n+]1[nH]oc(=O)c1-c1ccccc1. The van der Waals surface area contributed by atoms with Crippen molar-refractivity contribution in [2.75, 3.05) is 0 Å². The molecule has 0 fully saturated rings. The number of aryl methyl sites for hydroxylation is 1. The fraction of sp³-hybridized carbons (Fsp3) is 0.182. The van der Waals surface area contributed by atoms with Gasteiger partial charge in [-0.1, -0.05) is 22.9 Å². The molecule has 1 aromatic carbocycles. The molecule has 2 aromatic rings. The summed E-state index contributed by atoms with van der Waals surface area (Å²) in [5, 5.41) is 11.0. The number of aromatic nitrogens is 2. The molecule has 6 heteroatoms. The number of aromatic amines is 1. The Kier molecular flexibility index (Phi) is 3.04. The van der Waals surface area contributed by atoms with Crippen LogP contribution in [0.25, 0.3) is 11.3 Å². The Morgan fingerprint density at radius 3 is 2.71 bits per heavy atom. The third kappa shape index (κ3) is 2.41. The lowest BCUT2D eigenvalue weighted by Crippen LogP contribution is -2.39. The molecular formula is C11H11N2O4+. The molecule has 0 saturated carbocycles. The van der Waals surface area contributed by atoms with Gasteiger partial charge in [0.25, 0.3) is 0 Å². The Morgan fingerprint density at radius 1 is 1.35 bits per heavy atom. The van der Waals surface area contributed by atoms with Crippen molar-refractivity contribution in [1.29, 1.82) is 0 Å². The molecule has 0 aliphatic heterocycles. The number of carboxylic acid groups (broad SMARTS) is 1. The second-order valence-corrected chi connectivity index (χ2v) is 3.49. The summed E-state index contributed by atoms with van der Waals surface area (Å²) in [6, 6.07) is 8.95. The fourth-order valence-electron chi connectivity index (χ4n) is 1.54. The quantitative estimate of drug-likeness (QED) is 0.751. The topological polar surface area (TPSA) is 87.2 Å². The van der Waals surface area contributed by atoms with Gasteiger partial charge in [0.2, 0.25) is 0 Å². The Balaban J connectivity index is 2.37. The molecule has 0 spiro atoms. The lowest BCUT2D eigenvalue weighted by molar-refractivity contribution is -0.751. The molecule has 1 heterocycles. The molecule has 0 atom stereocenters. The van der Waals surface area contributed by atoms with E-state index in [0.29, 0.717) is 11.3 Å². The van der Waals surface area contributed by atoms with Crippen LogP contribution in [0.15, 0.2) is 39.6 Å². The van der Waals surface area contributed by atoms with E-state index in [2.05, 4.69) is 9.79 Å². The summed E-state index contributed by atoms with van der Waals surface area (Å²) in [7, 11) is 0. The Hall–Kier alpha value is -2.37. The van der Waals surface area contributed by atoms with Crippen molar-refractivity contribution in [3.63, 3.8) is 0 Å². The summed E-state index contributed by atoms with van der Waals surface area (Å²) < 4.78 is 6.07. The molecule has 0 bridgehead atoms. The third-order valence-electron chi connectivity index (χ3n) is 2.31. The fourth-order valence-corrected chi connectivity index (χ4v) is 1.54. The van der Waals surface area contributed by atoms with Gasteiger partial charge in [0.1, 0.15) is 6.42 Å². The van der Waals surface area contributed by atoms with Crippen LogP contribution in [0.3, 0.4) is 0 Å². The van der Waals surface area contributed by atoms with E-state index < -0.39 is 11.6 Å². The van der Waals surface area contributed by atoms with E-state index in [-0.39, 0.29) is 13.0 Å². The van der Waals surface area contributed by atoms with Crippen LogP contribution < -0.4 is 10.3 Å². The van der Waals surface area contributed by atoms with E-state index in [4.69, 9.17) is 5.11 Å². The monoisotopic (exact) mass is 235 g/mol. The molecule has 0 saturated heterocycles. The lowest BCUT2D eigenvalue weighted by atomic mass is 10.2. The molecule has 0 unspecified atom stereocenters. The zero-order valence-electron chi connectivity index (χ0n) is 8.92. The van der Waals surface area contributed by atoms with Gasteiger partial charge in [-0.3, -0.25) is 9.32 Å². The largest absolute Gasteiger partial charge is 0.481 e. The Labute approximate surface area is 96.1 Å². The standard InChI is InChI=1S/C11H10N2O4/c14-9(15)6-7-13-10(11(16)17-12-13)8-4-2-1-3-5-8/h1-5H,6-7H2,(H-,12,14,15,16)/p+1. The summed E-state index contributed by atoms with van der Waals surface area (Å²) in [5.74, 6) is -0.932. The van der Waals surface area contributed by atoms with Gasteiger partial charge in [0.05, 0.1) is 5.56 Å². The van der Waals surface area contributed by atoms with Crippen LogP contribution in [0.4, 0.5) is 0 Å². The van der Waals surface area contributed by atoms with Crippen molar-refractivity contribution < 1.29 is 19.1 Å². The molecule has 2 N–H and O–H groups in total. The maximum atomic E-state index is 11.5. The Morgan fingerprint density at radius 2 is 2.06 bits per heavy atom. The molecule has 6 nitrogen and oxygen atoms in total. The normalized spacial score (nSPS) is 10.4. The number of nitrogens with one attached hydrogen (secondary N) is 1. The first-order valence-corrected chi connectivity index (χ1v) is 5.07. The highest BCUT2D eigenvalue weighted by Gasteiger charge is 2.22. The van der Waals surface area contributed by atoms with Crippen molar-refractivity contribution in [2.24, 2.45) is 0 Å². The van der Waals surface area contributed by atoms with E-state index in [1.807, 2.05) is 6.07 Å². The van der Waals surface area contributed by atoms with Crippen molar-refractivity contribution in [2.45, 2.75) is 13.0 Å². The molecule has 0 radical (unpaired) electrons. The number of H-pyrrole nitrogens is 1. The highest BCUT2D eigenvalue weighted by molar-refractivity contribution is 5.66. The van der Waals surface area contributed by atoms with Gasteiger partial charge in [0, 0.05) is 0 Å². The Bertz CT molecular complexity index is 571. The average molecular weight is 235 g/mol. The predicted octanol–water partition coefficient (Wildman–Crippen LogP) is 0.397. The van der Waals surface area contributed by atoms with Gasteiger partial charge >= 0.3 is 17.3 Å². The first-order chi connectivity index (χ1) is 8.18. The van der Waals surface area contributed by atoms with E-state index in [9.17, 15) is 9.59 Å². The summed E-state index contributed by atoms with van der Waals surface area (Å²) in [5.41, 5.74) is 0.501. The van der Waals surface area contributed by atoms with E-state index in [1.165, 1.54) is 4.68 Å². The van der Waals surface area contributed by atoms with Gasteiger partial charge in [0.15, 0.2) is 6.54 Å². The maximum absolute atomic E-state index is 11.5. The minimum Gasteiger partial charge on any atom is -0.481 e. The number of hydrogen-bond acceptors (Lipinski definition) is 3. The van der Waals surface area contributed by atoms with Gasteiger partial charge in [-0.05, 0) is 17.4 Å². The first-order valence-electron chi connectivity index (χ1n) is 5.07. The van der Waals surface area contributed by atoms with Gasteiger partial charge in [-0.2, -0.15) is 0 Å². The molecule has 0 aliphatic rings. The van der Waals surface area contributed by atoms with E-state index in [1.54, 1.807) is 24.3 Å². The number of hydrogen-bond donors (Lipinski definition) is 2. The average Bonchev–Trinajstić information content (AvgIpc) is 2.69. The van der Waals surface area contributed by atoms with E-state index >= 15 is 0 Å². The van der Waals surface area contributed by atoms with Crippen molar-refractivity contribution >= 4 is 5.97 Å². The highest BCUT2D eigenvalue weighted by Crippen LogP contribution is 2.09. The first kappa shape index (κ1) is 11.1. The van der Waals surface area contributed by atoms with Crippen LogP contribution >= 0.6 is 0 Å². The van der Waals surface area contributed by atoms with E-state index in [0.717, 1.165) is 0 Å². The zero-order valence-corrected chi connectivity index (χ0v) is 8.92. The van der Waals surface area contributed by atoms with Crippen LogP contribution in [0.2, 0.25) is 0 Å². The zero-order chi connectivity index (χ0) is 12.3. The van der Waals surface area contributed by atoms with Gasteiger partial charge in [-0.25, -0.2) is 4.79 Å². The number of aliphatic carboxylic acids is 1. The minimum absolute atomic E-state index is 0.0834. The highest BCUT2D eigenvalue weighted by atomic mass is 16.5. The van der Waals surface area contributed by atoms with Gasteiger partial charge < -0.3 is 5.11 Å². The molecule has 88 valence electrons. The molecule has 17 heavy (non-hydrogen) atoms. The molecular weight excluding hydrogens is 224 g/mol. The number of benzene rings is 1. The predicted molar refractivity (Wildman–Crippen MR) is 57.2 cm³/mol. The van der Waals surface area contributed by atoms with Crippen LogP contribution in [0, 0.1) is 0 Å². The molecule has 0 amide bonds. The van der Waals surface area contributed by atoms with Crippen LogP contribution in [-0.2, 0) is 11.3 Å². The lowest BCUT2D eigenvalue weighted by Gasteiger charge is -1.93. The van der Waals surface area contributed by atoms with Crippen LogP contribution in [0.5, 0.6) is 0 Å². The van der Waals surface area contributed by atoms with Crippen molar-refractivity contribution in [1.82, 2.24) is 5.27 Å². The summed E-state index contributed by atoms with van der Waals surface area (Å²) >= 11 is 0. The van der Waals surface area contributed by atoms with Crippen LogP contribution in [-0.4, -0.2) is 16.3 Å². The summed E-state index contributed by atoms with van der Waals surface area (Å²) in [6.45, 7) is 0.158. The smallest absolute Gasteiger partial charge is 0.435 e. The molecule has 2 rings (SSSR count). The third-order valence-corrected chi connectivity index (χ3v) is 2.31. The second-order valence-electron chi connectivity index (χ2n) is 3.49. The number of nitrogens with zero attached hydrogens (tertiary/aromatic N) is 1. The maximum Gasteiger partial charge on any atom is 0.435 e. The molecule has 0 aliphatic carbocycles. The minimum atomic E-state index is -0.932.